The molecule has 0 aromatic carbocycles. The topological polar surface area (TPSA) is 62.5 Å². The molecule has 0 spiro atoms. The predicted molar refractivity (Wildman–Crippen MR) is 62.5 cm³/mol. The number of nitrogens with one attached hydrogen (secondary N) is 1. The molecular formula is C11H16N4O. The molecule has 0 aliphatic heterocycles. The Morgan fingerprint density at radius 2 is 2.31 bits per heavy atom. The summed E-state index contributed by atoms with van der Waals surface area (Å²) in [4.78, 5) is 4.31. The van der Waals surface area contributed by atoms with Crippen LogP contribution in [0.1, 0.15) is 19.0 Å². The Kier molecular flexibility index (Phi) is 3.05. The van der Waals surface area contributed by atoms with Gasteiger partial charge in [0.15, 0.2) is 5.65 Å². The highest BCUT2D eigenvalue weighted by atomic mass is 16.3. The van der Waals surface area contributed by atoms with Crippen LogP contribution in [0, 0.1) is 6.92 Å². The first-order valence-electron chi connectivity index (χ1n) is 5.45. The molecule has 2 aromatic rings. The molecule has 86 valence electrons. The Morgan fingerprint density at radius 1 is 1.50 bits per heavy atom. The maximum atomic E-state index is 9.42. The monoisotopic (exact) mass is 220 g/mol. The summed E-state index contributed by atoms with van der Waals surface area (Å²) in [5.74, 6) is 0.557. The lowest BCUT2D eigenvalue weighted by Crippen LogP contribution is -2.18. The van der Waals surface area contributed by atoms with Gasteiger partial charge in [0, 0.05) is 12.2 Å². The number of nitrogens with zero attached hydrogens (tertiary/aromatic N) is 3. The molecule has 2 N–H and O–H groups in total. The molecule has 2 rings (SSSR count). The molecule has 5 nitrogen and oxygen atoms in total. The van der Waals surface area contributed by atoms with Gasteiger partial charge in [-0.1, -0.05) is 13.0 Å². The first kappa shape index (κ1) is 10.9. The van der Waals surface area contributed by atoms with Gasteiger partial charge in [0.25, 0.3) is 0 Å². The van der Waals surface area contributed by atoms with E-state index in [1.807, 2.05) is 32.0 Å². The minimum Gasteiger partial charge on any atom is -0.391 e. The van der Waals surface area contributed by atoms with E-state index in [-0.39, 0.29) is 6.10 Å². The molecule has 0 radical (unpaired) electrons. The van der Waals surface area contributed by atoms with E-state index in [1.54, 1.807) is 4.52 Å². The molecule has 0 bridgehead atoms. The lowest BCUT2D eigenvalue weighted by atomic mass is 10.3. The molecule has 1 unspecified atom stereocenters. The van der Waals surface area contributed by atoms with Crippen LogP contribution in [0.15, 0.2) is 18.2 Å². The van der Waals surface area contributed by atoms with Crippen LogP contribution in [0.3, 0.4) is 0 Å². The molecule has 0 aliphatic carbocycles. The van der Waals surface area contributed by atoms with Gasteiger partial charge in [-0.2, -0.15) is 4.98 Å². The Labute approximate surface area is 94.1 Å². The van der Waals surface area contributed by atoms with Crippen molar-refractivity contribution in [2.24, 2.45) is 0 Å². The third kappa shape index (κ3) is 2.14. The van der Waals surface area contributed by atoms with E-state index < -0.39 is 0 Å². The third-order valence-corrected chi connectivity index (χ3v) is 2.52. The molecule has 0 saturated carbocycles. The van der Waals surface area contributed by atoms with Crippen molar-refractivity contribution in [3.8, 4) is 0 Å². The summed E-state index contributed by atoms with van der Waals surface area (Å²) < 4.78 is 1.78. The molecule has 0 saturated heterocycles. The first-order chi connectivity index (χ1) is 7.70. The van der Waals surface area contributed by atoms with Gasteiger partial charge in [0.2, 0.25) is 5.95 Å². The number of hydrogen-bond donors (Lipinski definition) is 2. The van der Waals surface area contributed by atoms with E-state index in [2.05, 4.69) is 15.4 Å². The molecule has 2 heterocycles. The van der Waals surface area contributed by atoms with Crippen molar-refractivity contribution >= 4 is 11.6 Å². The van der Waals surface area contributed by atoms with Gasteiger partial charge in [-0.25, -0.2) is 4.52 Å². The molecule has 0 fully saturated rings. The van der Waals surface area contributed by atoms with Crippen LogP contribution in [0.2, 0.25) is 0 Å². The van der Waals surface area contributed by atoms with Crippen molar-refractivity contribution in [1.29, 1.82) is 0 Å². The van der Waals surface area contributed by atoms with Crippen molar-refractivity contribution < 1.29 is 5.11 Å². The molecule has 2 aromatic heterocycles. The second-order valence-corrected chi connectivity index (χ2v) is 3.82. The van der Waals surface area contributed by atoms with Gasteiger partial charge < -0.3 is 10.4 Å². The Morgan fingerprint density at radius 3 is 3.00 bits per heavy atom. The summed E-state index contributed by atoms with van der Waals surface area (Å²) in [5, 5.41) is 16.7. The Bertz CT molecular complexity index is 480. The van der Waals surface area contributed by atoms with Crippen LogP contribution >= 0.6 is 0 Å². The summed E-state index contributed by atoms with van der Waals surface area (Å²) in [6.45, 7) is 4.40. The van der Waals surface area contributed by atoms with E-state index in [4.69, 9.17) is 0 Å². The number of aromatic nitrogens is 3. The van der Waals surface area contributed by atoms with E-state index >= 15 is 0 Å². The highest BCUT2D eigenvalue weighted by Gasteiger charge is 2.06. The molecule has 0 aliphatic rings. The summed E-state index contributed by atoms with van der Waals surface area (Å²) in [5.41, 5.74) is 1.85. The Balaban J connectivity index is 2.17. The number of hydrogen-bond acceptors (Lipinski definition) is 4. The van der Waals surface area contributed by atoms with Crippen LogP contribution in [-0.4, -0.2) is 32.4 Å². The van der Waals surface area contributed by atoms with Crippen molar-refractivity contribution in [2.45, 2.75) is 26.4 Å². The van der Waals surface area contributed by atoms with Crippen LogP contribution < -0.4 is 5.32 Å². The molecule has 0 amide bonds. The van der Waals surface area contributed by atoms with E-state index in [0.717, 1.165) is 17.8 Å². The fourth-order valence-corrected chi connectivity index (χ4v) is 1.46. The SMILES string of the molecule is CCC(O)CNc1nc2cccc(C)n2n1. The van der Waals surface area contributed by atoms with Gasteiger partial charge in [0.1, 0.15) is 0 Å². The smallest absolute Gasteiger partial charge is 0.243 e. The second kappa shape index (κ2) is 4.49. The average Bonchev–Trinajstić information content (AvgIpc) is 2.70. The molecule has 1 atom stereocenters. The molecule has 16 heavy (non-hydrogen) atoms. The second-order valence-electron chi connectivity index (χ2n) is 3.82. The molecule has 5 heteroatoms. The van der Waals surface area contributed by atoms with Crippen molar-refractivity contribution in [2.75, 3.05) is 11.9 Å². The first-order valence-corrected chi connectivity index (χ1v) is 5.45. The summed E-state index contributed by atoms with van der Waals surface area (Å²) in [6, 6.07) is 5.83. The number of pyridine rings is 1. The average molecular weight is 220 g/mol. The fraction of sp³-hybridized carbons (Fsp3) is 0.455. The number of aliphatic hydroxyl groups is 1. The zero-order chi connectivity index (χ0) is 11.5. The minimum atomic E-state index is -0.354. The number of rotatable bonds is 4. The summed E-state index contributed by atoms with van der Waals surface area (Å²) >= 11 is 0. The number of aryl methyl sites for hydroxylation is 1. The van der Waals surface area contributed by atoms with Gasteiger partial charge in [0.05, 0.1) is 6.10 Å². The number of aliphatic hydroxyl groups excluding tert-OH is 1. The normalized spacial score (nSPS) is 12.9. The van der Waals surface area contributed by atoms with Crippen LogP contribution in [0.25, 0.3) is 5.65 Å². The summed E-state index contributed by atoms with van der Waals surface area (Å²) in [7, 11) is 0. The Hall–Kier alpha value is -1.62. The van der Waals surface area contributed by atoms with Crippen LogP contribution in [-0.2, 0) is 0 Å². The van der Waals surface area contributed by atoms with Crippen molar-refractivity contribution in [3.63, 3.8) is 0 Å². The van der Waals surface area contributed by atoms with Gasteiger partial charge in [-0.05, 0) is 25.5 Å². The standard InChI is InChI=1S/C11H16N4O/c1-3-9(16)7-12-11-13-10-6-4-5-8(2)15(10)14-11/h4-6,9,16H,3,7H2,1-2H3,(H,12,14). The van der Waals surface area contributed by atoms with Gasteiger partial charge >= 0.3 is 0 Å². The zero-order valence-electron chi connectivity index (χ0n) is 9.51. The van der Waals surface area contributed by atoms with Crippen molar-refractivity contribution in [1.82, 2.24) is 14.6 Å². The number of fused-ring (bicyclic) bond motifs is 1. The largest absolute Gasteiger partial charge is 0.391 e. The van der Waals surface area contributed by atoms with Crippen molar-refractivity contribution in [3.05, 3.63) is 23.9 Å². The van der Waals surface area contributed by atoms with E-state index in [0.29, 0.717) is 12.5 Å². The van der Waals surface area contributed by atoms with Gasteiger partial charge in [-0.15, -0.1) is 5.10 Å². The van der Waals surface area contributed by atoms with Crippen LogP contribution in [0.4, 0.5) is 5.95 Å². The number of anilines is 1. The van der Waals surface area contributed by atoms with Gasteiger partial charge in [-0.3, -0.25) is 0 Å². The van der Waals surface area contributed by atoms with E-state index in [1.165, 1.54) is 0 Å². The minimum absolute atomic E-state index is 0.354. The van der Waals surface area contributed by atoms with Crippen LogP contribution in [0.5, 0.6) is 0 Å². The maximum absolute atomic E-state index is 9.42. The third-order valence-electron chi connectivity index (χ3n) is 2.52. The quantitative estimate of drug-likeness (QED) is 0.813. The highest BCUT2D eigenvalue weighted by molar-refractivity contribution is 5.44. The lowest BCUT2D eigenvalue weighted by molar-refractivity contribution is 0.183. The highest BCUT2D eigenvalue weighted by Crippen LogP contribution is 2.07. The van der Waals surface area contributed by atoms with E-state index in [9.17, 15) is 5.11 Å². The lowest BCUT2D eigenvalue weighted by Gasteiger charge is -2.06. The summed E-state index contributed by atoms with van der Waals surface area (Å²) in [6.07, 6.45) is 0.368. The molecular weight excluding hydrogens is 204 g/mol. The predicted octanol–water partition coefficient (Wildman–Crippen LogP) is 1.22. The fourth-order valence-electron chi connectivity index (χ4n) is 1.46. The maximum Gasteiger partial charge on any atom is 0.243 e. The zero-order valence-corrected chi connectivity index (χ0v) is 9.51.